The van der Waals surface area contributed by atoms with Gasteiger partial charge in [0.25, 0.3) is 5.91 Å². The van der Waals surface area contributed by atoms with Gasteiger partial charge in [-0.15, -0.1) is 11.3 Å². The number of aliphatic imine (C=N–C) groups is 1. The Bertz CT molecular complexity index is 1500. The summed E-state index contributed by atoms with van der Waals surface area (Å²) < 4.78 is 6.95. The van der Waals surface area contributed by atoms with Gasteiger partial charge >= 0.3 is 5.97 Å². The molecule has 7 heteroatoms. The fourth-order valence-corrected chi connectivity index (χ4v) is 6.28. The lowest BCUT2D eigenvalue weighted by Crippen LogP contribution is -2.24. The van der Waals surface area contributed by atoms with Gasteiger partial charge in [-0.3, -0.25) is 4.79 Å². The minimum absolute atomic E-state index is 0.0587. The molecule has 5 rings (SSSR count). The molecule has 2 aromatic carbocycles. The van der Waals surface area contributed by atoms with Gasteiger partial charge in [-0.05, 0) is 81.0 Å². The standard InChI is InChI=1S/C31H31N3O3S/c1-20-17-24(21(2)34(20)25-15-13-23(14-16-25)31(36)37-3)19-33-30-28(26-11-7-8-12-27(26)38-30)29(35)32-18-22-9-5-4-6-10-22/h4-6,9-10,13-17,19H,7-8,11-12,18H2,1-3H3,(H,32,35). The number of nitrogens with one attached hydrogen (secondary N) is 1. The average molecular weight is 526 g/mol. The first-order chi connectivity index (χ1) is 18.5. The van der Waals surface area contributed by atoms with Crippen molar-refractivity contribution in [2.75, 3.05) is 7.11 Å². The molecule has 194 valence electrons. The molecule has 4 aromatic rings. The number of fused-ring (bicyclic) bond motifs is 1. The maximum Gasteiger partial charge on any atom is 0.337 e. The van der Waals surface area contributed by atoms with Crippen LogP contribution in [0, 0.1) is 13.8 Å². The predicted octanol–water partition coefficient (Wildman–Crippen LogP) is 6.50. The molecule has 0 bridgehead atoms. The summed E-state index contributed by atoms with van der Waals surface area (Å²) in [6.07, 6.45) is 6.04. The number of hydrogen-bond acceptors (Lipinski definition) is 5. The fraction of sp³-hybridized carbons (Fsp3) is 0.258. The highest BCUT2D eigenvalue weighted by Gasteiger charge is 2.25. The lowest BCUT2D eigenvalue weighted by atomic mass is 9.95. The number of carbonyl (C=O) groups excluding carboxylic acids is 2. The number of esters is 1. The Morgan fingerprint density at radius 1 is 1.05 bits per heavy atom. The molecule has 0 saturated heterocycles. The Labute approximate surface area is 227 Å². The first-order valence-corrected chi connectivity index (χ1v) is 13.7. The van der Waals surface area contributed by atoms with Crippen LogP contribution >= 0.6 is 11.3 Å². The molecule has 2 heterocycles. The summed E-state index contributed by atoms with van der Waals surface area (Å²) in [5.41, 5.74) is 7.51. The van der Waals surface area contributed by atoms with Gasteiger partial charge < -0.3 is 14.6 Å². The number of ether oxygens (including phenoxy) is 1. The zero-order valence-electron chi connectivity index (χ0n) is 21.9. The topological polar surface area (TPSA) is 72.7 Å². The second kappa shape index (κ2) is 11.2. The lowest BCUT2D eigenvalue weighted by Gasteiger charge is -2.12. The van der Waals surface area contributed by atoms with Gasteiger partial charge in [0.2, 0.25) is 0 Å². The van der Waals surface area contributed by atoms with Crippen LogP contribution in [0.5, 0.6) is 0 Å². The van der Waals surface area contributed by atoms with Crippen molar-refractivity contribution in [3.8, 4) is 5.69 Å². The number of methoxy groups -OCH3 is 1. The second-order valence-corrected chi connectivity index (χ2v) is 10.6. The Kier molecular flexibility index (Phi) is 7.56. The van der Waals surface area contributed by atoms with Gasteiger partial charge in [0.1, 0.15) is 5.00 Å². The number of nitrogens with zero attached hydrogens (tertiary/aromatic N) is 2. The number of amides is 1. The van der Waals surface area contributed by atoms with E-state index >= 15 is 0 Å². The van der Waals surface area contributed by atoms with Gasteiger partial charge in [0.05, 0.1) is 18.2 Å². The zero-order valence-corrected chi connectivity index (χ0v) is 22.7. The van der Waals surface area contributed by atoms with E-state index in [2.05, 4.69) is 22.9 Å². The molecule has 0 unspecified atom stereocenters. The second-order valence-electron chi connectivity index (χ2n) is 9.52. The third kappa shape index (κ3) is 5.20. The summed E-state index contributed by atoms with van der Waals surface area (Å²) >= 11 is 1.64. The Morgan fingerprint density at radius 3 is 2.53 bits per heavy atom. The van der Waals surface area contributed by atoms with Crippen LogP contribution in [-0.4, -0.2) is 29.8 Å². The van der Waals surface area contributed by atoms with Crippen molar-refractivity contribution in [3.63, 3.8) is 0 Å². The van der Waals surface area contributed by atoms with E-state index in [0.717, 1.165) is 70.0 Å². The number of carbonyl (C=O) groups is 2. The van der Waals surface area contributed by atoms with Gasteiger partial charge in [-0.1, -0.05) is 30.3 Å². The number of benzene rings is 2. The third-order valence-electron chi connectivity index (χ3n) is 7.01. The summed E-state index contributed by atoms with van der Waals surface area (Å²) in [7, 11) is 1.38. The van der Waals surface area contributed by atoms with Crippen molar-refractivity contribution < 1.29 is 14.3 Å². The Balaban J connectivity index is 1.43. The normalized spacial score (nSPS) is 12.9. The van der Waals surface area contributed by atoms with E-state index in [1.54, 1.807) is 23.5 Å². The van der Waals surface area contributed by atoms with Gasteiger partial charge in [-0.25, -0.2) is 9.79 Å². The van der Waals surface area contributed by atoms with Crippen molar-refractivity contribution in [2.24, 2.45) is 4.99 Å². The first kappa shape index (κ1) is 25.7. The van der Waals surface area contributed by atoms with E-state index in [0.29, 0.717) is 12.1 Å². The van der Waals surface area contributed by atoms with Crippen LogP contribution in [0.1, 0.15) is 66.5 Å². The molecule has 2 aromatic heterocycles. The molecule has 0 saturated carbocycles. The van der Waals surface area contributed by atoms with Crippen LogP contribution in [0.4, 0.5) is 5.00 Å². The van der Waals surface area contributed by atoms with E-state index in [-0.39, 0.29) is 11.9 Å². The zero-order chi connectivity index (χ0) is 26.6. The average Bonchev–Trinajstić information content (AvgIpc) is 3.46. The summed E-state index contributed by atoms with van der Waals surface area (Å²) in [6, 6.07) is 19.4. The smallest absolute Gasteiger partial charge is 0.337 e. The van der Waals surface area contributed by atoms with E-state index in [9.17, 15) is 9.59 Å². The van der Waals surface area contributed by atoms with E-state index in [1.165, 1.54) is 12.0 Å². The van der Waals surface area contributed by atoms with Crippen molar-refractivity contribution >= 4 is 34.4 Å². The SMILES string of the molecule is COC(=O)c1ccc(-n2c(C)cc(C=Nc3sc4c(c3C(=O)NCc3ccccc3)CCCC4)c2C)cc1. The van der Waals surface area contributed by atoms with E-state index < -0.39 is 0 Å². The highest BCUT2D eigenvalue weighted by atomic mass is 32.1. The minimum Gasteiger partial charge on any atom is -0.465 e. The van der Waals surface area contributed by atoms with Crippen molar-refractivity contribution in [1.29, 1.82) is 0 Å². The van der Waals surface area contributed by atoms with Gasteiger partial charge in [0, 0.05) is 40.3 Å². The van der Waals surface area contributed by atoms with E-state index in [4.69, 9.17) is 9.73 Å². The van der Waals surface area contributed by atoms with Crippen molar-refractivity contribution in [2.45, 2.75) is 46.1 Å². The maximum atomic E-state index is 13.4. The largest absolute Gasteiger partial charge is 0.465 e. The van der Waals surface area contributed by atoms with E-state index in [1.807, 2.05) is 55.6 Å². The molecule has 0 radical (unpaired) electrons. The molecular weight excluding hydrogens is 494 g/mol. The molecule has 38 heavy (non-hydrogen) atoms. The Morgan fingerprint density at radius 2 is 1.79 bits per heavy atom. The van der Waals surface area contributed by atoms with Crippen LogP contribution in [0.3, 0.4) is 0 Å². The fourth-order valence-electron chi connectivity index (χ4n) is 5.05. The molecule has 0 atom stereocenters. The monoisotopic (exact) mass is 525 g/mol. The van der Waals surface area contributed by atoms with Crippen LogP contribution in [0.15, 0.2) is 65.7 Å². The molecule has 0 spiro atoms. The van der Waals surface area contributed by atoms with Gasteiger partial charge in [-0.2, -0.15) is 0 Å². The Hall–Kier alpha value is -3.97. The summed E-state index contributed by atoms with van der Waals surface area (Å²) in [4.78, 5) is 31.3. The molecule has 0 aliphatic heterocycles. The number of rotatable bonds is 7. The first-order valence-electron chi connectivity index (χ1n) is 12.8. The minimum atomic E-state index is -0.354. The highest BCUT2D eigenvalue weighted by Crippen LogP contribution is 2.40. The molecule has 1 N–H and O–H groups in total. The highest BCUT2D eigenvalue weighted by molar-refractivity contribution is 7.16. The van der Waals surface area contributed by atoms with Crippen LogP contribution < -0.4 is 5.32 Å². The van der Waals surface area contributed by atoms with Crippen LogP contribution in [0.25, 0.3) is 5.69 Å². The van der Waals surface area contributed by atoms with Gasteiger partial charge in [0.15, 0.2) is 0 Å². The van der Waals surface area contributed by atoms with Crippen molar-refractivity contribution in [3.05, 3.63) is 105 Å². The molecule has 1 aliphatic carbocycles. The molecule has 1 aliphatic rings. The number of hydrogen-bond donors (Lipinski definition) is 1. The molecule has 1 amide bonds. The van der Waals surface area contributed by atoms with Crippen LogP contribution in [0.2, 0.25) is 0 Å². The number of aromatic nitrogens is 1. The molecular formula is C31H31N3O3S. The third-order valence-corrected chi connectivity index (χ3v) is 8.21. The summed E-state index contributed by atoms with van der Waals surface area (Å²) in [5.74, 6) is -0.413. The predicted molar refractivity (Wildman–Crippen MR) is 152 cm³/mol. The number of aryl methyl sites for hydroxylation is 2. The quantitative estimate of drug-likeness (QED) is 0.221. The lowest BCUT2D eigenvalue weighted by molar-refractivity contribution is 0.0600. The number of thiophene rings is 1. The molecule has 0 fully saturated rings. The summed E-state index contributed by atoms with van der Waals surface area (Å²) in [5, 5.41) is 3.88. The maximum absolute atomic E-state index is 13.4. The summed E-state index contributed by atoms with van der Waals surface area (Å²) in [6.45, 7) is 4.59. The van der Waals surface area contributed by atoms with Crippen molar-refractivity contribution in [1.82, 2.24) is 9.88 Å². The van der Waals surface area contributed by atoms with Crippen LogP contribution in [-0.2, 0) is 24.1 Å². The molecule has 6 nitrogen and oxygen atoms in total.